The molecule has 1 aromatic heterocycles. The van der Waals surface area contributed by atoms with Gasteiger partial charge in [0.2, 0.25) is 0 Å². The smallest absolute Gasteiger partial charge is 0.349 e. The Kier molecular flexibility index (Phi) is 3.24. The van der Waals surface area contributed by atoms with Crippen molar-refractivity contribution in [2.75, 3.05) is 7.11 Å². The molecule has 0 aliphatic carbocycles. The number of nitrogens with zero attached hydrogens (tertiary/aromatic N) is 1. The Morgan fingerprint density at radius 1 is 1.24 bits per heavy atom. The monoisotopic (exact) mass is 247 g/mol. The van der Waals surface area contributed by atoms with Crippen molar-refractivity contribution in [3.8, 4) is 10.6 Å². The summed E-state index contributed by atoms with van der Waals surface area (Å²) in [7, 11) is 1.38. The zero-order valence-corrected chi connectivity index (χ0v) is 10.8. The predicted molar refractivity (Wildman–Crippen MR) is 68.4 cm³/mol. The van der Waals surface area contributed by atoms with Gasteiger partial charge in [-0.2, -0.15) is 0 Å². The van der Waals surface area contributed by atoms with Crippen LogP contribution in [0.3, 0.4) is 0 Å². The lowest BCUT2D eigenvalue weighted by Crippen LogP contribution is -1.99. The first-order valence-corrected chi connectivity index (χ1v) is 6.06. The maximum absolute atomic E-state index is 11.5. The first-order chi connectivity index (χ1) is 8.11. The number of ether oxygens (including phenoxy) is 1. The van der Waals surface area contributed by atoms with Gasteiger partial charge in [0.25, 0.3) is 0 Å². The van der Waals surface area contributed by atoms with Crippen molar-refractivity contribution in [1.29, 1.82) is 0 Å². The number of thiazole rings is 1. The van der Waals surface area contributed by atoms with Gasteiger partial charge < -0.3 is 4.74 Å². The molecule has 1 heterocycles. The minimum absolute atomic E-state index is 0.321. The summed E-state index contributed by atoms with van der Waals surface area (Å²) in [5, 5.41) is 0.850. The Morgan fingerprint density at radius 2 is 1.88 bits per heavy atom. The maximum atomic E-state index is 11.5. The predicted octanol–water partition coefficient (Wildman–Crippen LogP) is 3.21. The zero-order chi connectivity index (χ0) is 12.4. The van der Waals surface area contributed by atoms with E-state index in [9.17, 15) is 4.79 Å². The lowest BCUT2D eigenvalue weighted by atomic mass is 10.2. The summed E-state index contributed by atoms with van der Waals surface area (Å²) in [5.74, 6) is -0.321. The highest BCUT2D eigenvalue weighted by Crippen LogP contribution is 2.28. The van der Waals surface area contributed by atoms with Gasteiger partial charge in [0.05, 0.1) is 12.8 Å². The minimum atomic E-state index is -0.321. The average molecular weight is 247 g/mol. The normalized spacial score (nSPS) is 10.3. The van der Waals surface area contributed by atoms with E-state index in [-0.39, 0.29) is 5.97 Å². The number of methoxy groups -OCH3 is 1. The molecule has 3 nitrogen and oxygen atoms in total. The molecule has 2 rings (SSSR count). The van der Waals surface area contributed by atoms with Gasteiger partial charge in [0, 0.05) is 5.56 Å². The topological polar surface area (TPSA) is 39.2 Å². The van der Waals surface area contributed by atoms with Crippen LogP contribution in [0.5, 0.6) is 0 Å². The fraction of sp³-hybridized carbons (Fsp3) is 0.231. The first kappa shape index (κ1) is 11.8. The minimum Gasteiger partial charge on any atom is -0.465 e. The molecule has 0 saturated heterocycles. The molecule has 0 bridgehead atoms. The van der Waals surface area contributed by atoms with Gasteiger partial charge in [-0.05, 0) is 13.8 Å². The van der Waals surface area contributed by atoms with Crippen molar-refractivity contribution in [1.82, 2.24) is 4.98 Å². The van der Waals surface area contributed by atoms with E-state index < -0.39 is 0 Å². The van der Waals surface area contributed by atoms with E-state index in [1.807, 2.05) is 38.1 Å². The largest absolute Gasteiger partial charge is 0.465 e. The Balaban J connectivity index is 2.41. The molecule has 0 amide bonds. The molecule has 2 aromatic rings. The van der Waals surface area contributed by atoms with Crippen LogP contribution in [-0.4, -0.2) is 18.1 Å². The molecule has 0 aliphatic heterocycles. The number of aromatic nitrogens is 1. The first-order valence-electron chi connectivity index (χ1n) is 5.24. The van der Waals surface area contributed by atoms with E-state index in [4.69, 9.17) is 4.74 Å². The SMILES string of the molecule is COC(=O)c1sc(-c2ccc(C)cc2)nc1C. The van der Waals surface area contributed by atoms with Crippen LogP contribution >= 0.6 is 11.3 Å². The summed E-state index contributed by atoms with van der Waals surface area (Å²) in [6.45, 7) is 3.86. The van der Waals surface area contributed by atoms with Gasteiger partial charge in [-0.3, -0.25) is 0 Å². The van der Waals surface area contributed by atoms with E-state index in [0.29, 0.717) is 4.88 Å². The number of esters is 1. The van der Waals surface area contributed by atoms with Crippen LogP contribution in [0, 0.1) is 13.8 Å². The molecule has 88 valence electrons. The number of hydrogen-bond acceptors (Lipinski definition) is 4. The molecule has 0 fully saturated rings. The summed E-state index contributed by atoms with van der Waals surface area (Å²) in [6, 6.07) is 8.08. The molecule has 0 atom stereocenters. The molecule has 0 unspecified atom stereocenters. The number of hydrogen-bond donors (Lipinski definition) is 0. The second kappa shape index (κ2) is 4.67. The number of rotatable bonds is 2. The molecule has 1 aromatic carbocycles. The van der Waals surface area contributed by atoms with E-state index >= 15 is 0 Å². The summed E-state index contributed by atoms with van der Waals surface area (Å²) in [5.41, 5.74) is 2.95. The standard InChI is InChI=1S/C13H13NO2S/c1-8-4-6-10(7-5-8)12-14-9(2)11(17-12)13(15)16-3/h4-7H,1-3H3. The van der Waals surface area contributed by atoms with Crippen molar-refractivity contribution < 1.29 is 9.53 Å². The number of carbonyl (C=O) groups excluding carboxylic acids is 1. The highest BCUT2D eigenvalue weighted by atomic mass is 32.1. The quantitative estimate of drug-likeness (QED) is 0.765. The van der Waals surface area contributed by atoms with Gasteiger partial charge in [-0.15, -0.1) is 11.3 Å². The van der Waals surface area contributed by atoms with Gasteiger partial charge in [0.15, 0.2) is 0 Å². The molecule has 0 radical (unpaired) electrons. The summed E-state index contributed by atoms with van der Waals surface area (Å²) in [6.07, 6.45) is 0. The lowest BCUT2D eigenvalue weighted by molar-refractivity contribution is 0.0605. The van der Waals surface area contributed by atoms with Crippen LogP contribution in [0.2, 0.25) is 0 Å². The van der Waals surface area contributed by atoms with Crippen LogP contribution in [0.4, 0.5) is 0 Å². The number of aryl methyl sites for hydroxylation is 2. The van der Waals surface area contributed by atoms with Crippen molar-refractivity contribution in [2.45, 2.75) is 13.8 Å². The zero-order valence-electron chi connectivity index (χ0n) is 9.98. The van der Waals surface area contributed by atoms with Gasteiger partial charge in [-0.25, -0.2) is 9.78 Å². The van der Waals surface area contributed by atoms with Crippen LogP contribution in [0.25, 0.3) is 10.6 Å². The van der Waals surface area contributed by atoms with Crippen molar-refractivity contribution in [3.63, 3.8) is 0 Å². The van der Waals surface area contributed by atoms with E-state index in [1.165, 1.54) is 24.0 Å². The van der Waals surface area contributed by atoms with E-state index in [1.54, 1.807) is 0 Å². The molecule has 0 aliphatic rings. The maximum Gasteiger partial charge on any atom is 0.349 e. The Hall–Kier alpha value is -1.68. The highest BCUT2D eigenvalue weighted by molar-refractivity contribution is 7.17. The third-order valence-electron chi connectivity index (χ3n) is 2.47. The van der Waals surface area contributed by atoms with Crippen LogP contribution < -0.4 is 0 Å². The third kappa shape index (κ3) is 2.36. The van der Waals surface area contributed by atoms with Gasteiger partial charge >= 0.3 is 5.97 Å². The molecular formula is C13H13NO2S. The van der Waals surface area contributed by atoms with Gasteiger partial charge in [0.1, 0.15) is 9.88 Å². The summed E-state index contributed by atoms with van der Waals surface area (Å²) < 4.78 is 4.72. The fourth-order valence-corrected chi connectivity index (χ4v) is 2.49. The Bertz CT molecular complexity index is 543. The van der Waals surface area contributed by atoms with Crippen LogP contribution in [-0.2, 0) is 4.74 Å². The Morgan fingerprint density at radius 3 is 2.47 bits per heavy atom. The van der Waals surface area contributed by atoms with Crippen LogP contribution in [0.1, 0.15) is 20.9 Å². The van der Waals surface area contributed by atoms with Crippen molar-refractivity contribution >= 4 is 17.3 Å². The molecule has 17 heavy (non-hydrogen) atoms. The third-order valence-corrected chi connectivity index (χ3v) is 3.65. The molecule has 0 saturated carbocycles. The highest BCUT2D eigenvalue weighted by Gasteiger charge is 2.16. The van der Waals surface area contributed by atoms with Crippen molar-refractivity contribution in [3.05, 3.63) is 40.4 Å². The molecule has 0 spiro atoms. The molecule has 4 heteroatoms. The number of benzene rings is 1. The second-order valence-corrected chi connectivity index (χ2v) is 4.79. The average Bonchev–Trinajstić information content (AvgIpc) is 2.71. The van der Waals surface area contributed by atoms with Crippen LogP contribution in [0.15, 0.2) is 24.3 Å². The van der Waals surface area contributed by atoms with Gasteiger partial charge in [-0.1, -0.05) is 29.8 Å². The fourth-order valence-electron chi connectivity index (χ4n) is 1.50. The van der Waals surface area contributed by atoms with E-state index in [2.05, 4.69) is 4.98 Å². The Labute approximate surface area is 104 Å². The summed E-state index contributed by atoms with van der Waals surface area (Å²) in [4.78, 5) is 16.5. The second-order valence-electron chi connectivity index (χ2n) is 3.79. The molecular weight excluding hydrogens is 234 g/mol. The summed E-state index contributed by atoms with van der Waals surface area (Å²) >= 11 is 1.37. The number of carbonyl (C=O) groups is 1. The van der Waals surface area contributed by atoms with E-state index in [0.717, 1.165) is 16.3 Å². The lowest BCUT2D eigenvalue weighted by Gasteiger charge is -1.96. The van der Waals surface area contributed by atoms with Crippen molar-refractivity contribution in [2.24, 2.45) is 0 Å². The molecule has 0 N–H and O–H groups in total.